The molecular formula is C20H38BrCl. The molecule has 132 valence electrons. The van der Waals surface area contributed by atoms with Crippen molar-refractivity contribution in [3.05, 3.63) is 12.7 Å². The molecule has 0 aliphatic rings. The van der Waals surface area contributed by atoms with E-state index in [1.807, 2.05) is 6.08 Å². The first-order valence-electron chi connectivity index (χ1n) is 9.59. The van der Waals surface area contributed by atoms with E-state index in [1.54, 1.807) is 0 Å². The highest BCUT2D eigenvalue weighted by Gasteiger charge is 2.07. The fourth-order valence-electron chi connectivity index (χ4n) is 2.82. The second-order valence-corrected chi connectivity index (χ2v) is 8.52. The molecule has 0 fully saturated rings. The Kier molecular flexibility index (Phi) is 18.3. The minimum atomic E-state index is 0.412. The van der Waals surface area contributed by atoms with Crippen LogP contribution < -0.4 is 0 Å². The number of halogens is 2. The van der Waals surface area contributed by atoms with Gasteiger partial charge in [-0.1, -0.05) is 86.7 Å². The largest absolute Gasteiger partial charge is 0.123 e. The molecule has 0 aromatic rings. The van der Waals surface area contributed by atoms with Crippen LogP contribution in [0.15, 0.2) is 12.7 Å². The van der Waals surface area contributed by atoms with Crippen LogP contribution in [0.2, 0.25) is 0 Å². The van der Waals surface area contributed by atoms with Gasteiger partial charge in [-0.2, -0.15) is 0 Å². The summed E-state index contributed by atoms with van der Waals surface area (Å²) in [6.45, 7) is 6.03. The fraction of sp³-hybridized carbons (Fsp3) is 0.900. The second kappa shape index (κ2) is 17.9. The number of hydrogen-bond donors (Lipinski definition) is 0. The van der Waals surface area contributed by atoms with Gasteiger partial charge in [-0.15, -0.1) is 18.2 Å². The first kappa shape index (κ1) is 22.5. The maximum atomic E-state index is 6.40. The Balaban J connectivity index is 3.29. The number of allylic oxidation sites excluding steroid dienone is 1. The average Bonchev–Trinajstić information content (AvgIpc) is 2.51. The van der Waals surface area contributed by atoms with Gasteiger partial charge in [-0.25, -0.2) is 0 Å². The third-order valence-electron chi connectivity index (χ3n) is 4.33. The molecule has 0 N–H and O–H groups in total. The van der Waals surface area contributed by atoms with Crippen molar-refractivity contribution in [1.29, 1.82) is 0 Å². The Labute approximate surface area is 153 Å². The van der Waals surface area contributed by atoms with Crippen molar-refractivity contribution in [1.82, 2.24) is 0 Å². The molecule has 2 unspecified atom stereocenters. The van der Waals surface area contributed by atoms with Gasteiger partial charge in [0.2, 0.25) is 0 Å². The summed E-state index contributed by atoms with van der Waals surface area (Å²) in [7, 11) is 0. The zero-order chi connectivity index (χ0) is 16.5. The summed E-state index contributed by atoms with van der Waals surface area (Å²) in [5.74, 6) is 0. The predicted molar refractivity (Wildman–Crippen MR) is 107 cm³/mol. The molecule has 0 saturated heterocycles. The molecule has 0 amide bonds. The highest BCUT2D eigenvalue weighted by molar-refractivity contribution is 9.09. The third kappa shape index (κ3) is 16.9. The molecule has 22 heavy (non-hydrogen) atoms. The van der Waals surface area contributed by atoms with E-state index in [2.05, 4.69) is 29.4 Å². The molecule has 0 aliphatic heterocycles. The molecule has 0 radical (unpaired) electrons. The van der Waals surface area contributed by atoms with Gasteiger partial charge in [-0.3, -0.25) is 0 Å². The van der Waals surface area contributed by atoms with Crippen molar-refractivity contribution in [2.24, 2.45) is 0 Å². The minimum absolute atomic E-state index is 0.412. The average molecular weight is 394 g/mol. The van der Waals surface area contributed by atoms with Gasteiger partial charge < -0.3 is 0 Å². The van der Waals surface area contributed by atoms with Gasteiger partial charge in [-0.05, 0) is 38.5 Å². The number of alkyl halides is 2. The normalized spacial score (nSPS) is 14.0. The van der Waals surface area contributed by atoms with E-state index in [4.69, 9.17) is 11.6 Å². The highest BCUT2D eigenvalue weighted by atomic mass is 79.9. The van der Waals surface area contributed by atoms with Crippen molar-refractivity contribution < 1.29 is 0 Å². The summed E-state index contributed by atoms with van der Waals surface area (Å²) in [4.78, 5) is 0.713. The number of hydrogen-bond acceptors (Lipinski definition) is 0. The van der Waals surface area contributed by atoms with E-state index in [0.717, 1.165) is 0 Å². The summed E-state index contributed by atoms with van der Waals surface area (Å²) in [6.07, 6.45) is 21.6. The molecule has 0 aliphatic carbocycles. The fourth-order valence-corrected chi connectivity index (χ4v) is 3.78. The topological polar surface area (TPSA) is 0 Å². The van der Waals surface area contributed by atoms with Crippen molar-refractivity contribution in [2.45, 2.75) is 113 Å². The van der Waals surface area contributed by atoms with Crippen LogP contribution in [-0.2, 0) is 0 Å². The van der Waals surface area contributed by atoms with Crippen molar-refractivity contribution in [2.75, 3.05) is 0 Å². The van der Waals surface area contributed by atoms with E-state index in [0.29, 0.717) is 10.2 Å². The van der Waals surface area contributed by atoms with Gasteiger partial charge in [0.25, 0.3) is 0 Å². The van der Waals surface area contributed by atoms with Crippen LogP contribution in [0.3, 0.4) is 0 Å². The van der Waals surface area contributed by atoms with Crippen LogP contribution in [0, 0.1) is 0 Å². The lowest BCUT2D eigenvalue weighted by atomic mass is 10.0. The van der Waals surface area contributed by atoms with Crippen LogP contribution in [-0.4, -0.2) is 10.2 Å². The molecular weight excluding hydrogens is 356 g/mol. The summed E-state index contributed by atoms with van der Waals surface area (Å²) in [5.41, 5.74) is 0. The monoisotopic (exact) mass is 392 g/mol. The Hall–Kier alpha value is 0.510. The van der Waals surface area contributed by atoms with Crippen molar-refractivity contribution in [3.63, 3.8) is 0 Å². The summed E-state index contributed by atoms with van der Waals surface area (Å²) < 4.78 is 0. The van der Waals surface area contributed by atoms with E-state index in [9.17, 15) is 0 Å². The van der Waals surface area contributed by atoms with Gasteiger partial charge in [0.05, 0.1) is 0 Å². The Bertz CT molecular complexity index is 230. The molecule has 2 heteroatoms. The number of unbranched alkanes of at least 4 members (excludes halogenated alkanes) is 8. The van der Waals surface area contributed by atoms with Crippen molar-refractivity contribution >= 4 is 27.5 Å². The molecule has 0 aromatic carbocycles. The second-order valence-electron chi connectivity index (χ2n) is 6.61. The Morgan fingerprint density at radius 2 is 1.32 bits per heavy atom. The summed E-state index contributed by atoms with van der Waals surface area (Å²) in [6, 6.07) is 0. The van der Waals surface area contributed by atoms with Gasteiger partial charge >= 0.3 is 0 Å². The first-order valence-corrected chi connectivity index (χ1v) is 10.9. The minimum Gasteiger partial charge on any atom is -0.123 e. The van der Waals surface area contributed by atoms with Crippen LogP contribution in [0.25, 0.3) is 0 Å². The van der Waals surface area contributed by atoms with E-state index < -0.39 is 0 Å². The van der Waals surface area contributed by atoms with Gasteiger partial charge in [0.1, 0.15) is 0 Å². The van der Waals surface area contributed by atoms with Gasteiger partial charge in [0, 0.05) is 10.2 Å². The van der Waals surface area contributed by atoms with Crippen LogP contribution >= 0.6 is 27.5 Å². The summed E-state index contributed by atoms with van der Waals surface area (Å²) >= 11 is 10.2. The smallest absolute Gasteiger partial charge is 0.0336 e. The lowest BCUT2D eigenvalue weighted by Crippen LogP contribution is -2.01. The Morgan fingerprint density at radius 1 is 0.818 bits per heavy atom. The maximum Gasteiger partial charge on any atom is 0.0336 e. The van der Waals surface area contributed by atoms with Crippen molar-refractivity contribution in [3.8, 4) is 0 Å². The SMILES string of the molecule is C=CCCCCCCC(Br)CCCCC(Cl)CCCCCC. The maximum absolute atomic E-state index is 6.40. The van der Waals surface area contributed by atoms with Crippen LogP contribution in [0.5, 0.6) is 0 Å². The molecule has 2 atom stereocenters. The van der Waals surface area contributed by atoms with E-state index in [1.165, 1.54) is 96.3 Å². The lowest BCUT2D eigenvalue weighted by Gasteiger charge is -2.11. The molecule has 0 bridgehead atoms. The quantitative estimate of drug-likeness (QED) is 0.132. The van der Waals surface area contributed by atoms with Gasteiger partial charge in [0.15, 0.2) is 0 Å². The molecule has 0 spiro atoms. The number of rotatable bonds is 17. The van der Waals surface area contributed by atoms with Crippen LogP contribution in [0.4, 0.5) is 0 Å². The van der Waals surface area contributed by atoms with E-state index in [-0.39, 0.29) is 0 Å². The highest BCUT2D eigenvalue weighted by Crippen LogP contribution is 2.21. The predicted octanol–water partition coefficient (Wildman–Crippen LogP) is 8.41. The lowest BCUT2D eigenvalue weighted by molar-refractivity contribution is 0.542. The first-order chi connectivity index (χ1) is 10.7. The van der Waals surface area contributed by atoms with E-state index >= 15 is 0 Å². The zero-order valence-corrected chi connectivity index (χ0v) is 17.1. The molecule has 0 rings (SSSR count). The molecule has 0 heterocycles. The summed E-state index contributed by atoms with van der Waals surface area (Å²) in [5, 5.41) is 0.412. The molecule has 0 nitrogen and oxygen atoms in total. The molecule has 0 saturated carbocycles. The molecule has 0 aromatic heterocycles. The Morgan fingerprint density at radius 3 is 1.95 bits per heavy atom. The van der Waals surface area contributed by atoms with Crippen LogP contribution in [0.1, 0.15) is 103 Å². The standard InChI is InChI=1S/C20H38BrCl/c1-3-5-7-9-10-11-15-19(21)16-13-14-18-20(22)17-12-8-6-4-2/h3,19-20H,1,4-18H2,2H3. The zero-order valence-electron chi connectivity index (χ0n) is 14.8. The third-order valence-corrected chi connectivity index (χ3v) is 5.68.